The summed E-state index contributed by atoms with van der Waals surface area (Å²) in [6, 6.07) is 0. The number of carbonyl (C=O) groups excluding carboxylic acids is 1. The molecule has 0 N–H and O–H groups in total. The predicted octanol–water partition coefficient (Wildman–Crippen LogP) is 2.22. The molecule has 1 aromatic heterocycles. The van der Waals surface area contributed by atoms with Gasteiger partial charge in [0.1, 0.15) is 0 Å². The second kappa shape index (κ2) is 4.91. The first-order valence-electron chi connectivity index (χ1n) is 6.51. The van der Waals surface area contributed by atoms with Gasteiger partial charge >= 0.3 is 6.18 Å². The third-order valence-electron chi connectivity index (χ3n) is 3.57. The molecule has 110 valence electrons. The van der Waals surface area contributed by atoms with E-state index in [2.05, 4.69) is 4.98 Å². The fraction of sp³-hybridized carbons (Fsp3) is 0.667. The highest BCUT2D eigenvalue weighted by atomic mass is 32.1. The second-order valence-electron chi connectivity index (χ2n) is 5.10. The molecule has 1 saturated heterocycles. The SMILES string of the molecule is O=C(C1CC1)N1CCN(c2nc(C(F)(F)F)cs2)CC1. The van der Waals surface area contributed by atoms with Crippen LogP contribution >= 0.6 is 11.3 Å². The standard InChI is InChI=1S/C12H14F3N3OS/c13-12(14,15)9-7-20-11(16-9)18-5-3-17(4-6-18)10(19)8-1-2-8/h7-8H,1-6H2. The third-order valence-corrected chi connectivity index (χ3v) is 4.47. The number of rotatable bonds is 2. The van der Waals surface area contributed by atoms with E-state index in [1.54, 1.807) is 0 Å². The van der Waals surface area contributed by atoms with Gasteiger partial charge in [-0.05, 0) is 12.8 Å². The van der Waals surface area contributed by atoms with Crippen LogP contribution in [0.5, 0.6) is 0 Å². The molecule has 2 heterocycles. The molecule has 8 heteroatoms. The molecule has 1 aliphatic heterocycles. The van der Waals surface area contributed by atoms with Gasteiger partial charge in [-0.25, -0.2) is 4.98 Å². The zero-order chi connectivity index (χ0) is 14.3. The number of amides is 1. The fourth-order valence-corrected chi connectivity index (χ4v) is 3.13. The minimum absolute atomic E-state index is 0.193. The Morgan fingerprint density at radius 2 is 1.90 bits per heavy atom. The van der Waals surface area contributed by atoms with E-state index in [-0.39, 0.29) is 11.8 Å². The minimum Gasteiger partial charge on any atom is -0.345 e. The number of nitrogens with zero attached hydrogens (tertiary/aromatic N) is 3. The van der Waals surface area contributed by atoms with Gasteiger partial charge in [0.2, 0.25) is 5.91 Å². The van der Waals surface area contributed by atoms with Crippen LogP contribution in [0.25, 0.3) is 0 Å². The molecule has 1 aliphatic carbocycles. The van der Waals surface area contributed by atoms with Crippen molar-refractivity contribution in [2.45, 2.75) is 19.0 Å². The van der Waals surface area contributed by atoms with Gasteiger partial charge in [0.25, 0.3) is 0 Å². The highest BCUT2D eigenvalue weighted by Crippen LogP contribution is 2.34. The highest BCUT2D eigenvalue weighted by molar-refractivity contribution is 7.13. The van der Waals surface area contributed by atoms with Crippen molar-refractivity contribution in [1.29, 1.82) is 0 Å². The number of carbonyl (C=O) groups is 1. The zero-order valence-corrected chi connectivity index (χ0v) is 11.5. The van der Waals surface area contributed by atoms with E-state index in [9.17, 15) is 18.0 Å². The monoisotopic (exact) mass is 305 g/mol. The van der Waals surface area contributed by atoms with Gasteiger partial charge in [0, 0.05) is 37.5 Å². The van der Waals surface area contributed by atoms with E-state index in [0.29, 0.717) is 31.3 Å². The summed E-state index contributed by atoms with van der Waals surface area (Å²) in [5.41, 5.74) is -0.839. The van der Waals surface area contributed by atoms with E-state index in [1.165, 1.54) is 0 Å². The summed E-state index contributed by atoms with van der Waals surface area (Å²) in [6.45, 7) is 2.22. The summed E-state index contributed by atoms with van der Waals surface area (Å²) < 4.78 is 37.5. The maximum absolute atomic E-state index is 12.5. The Hall–Kier alpha value is -1.31. The van der Waals surface area contributed by atoms with Gasteiger partial charge in [-0.2, -0.15) is 13.2 Å². The smallest absolute Gasteiger partial charge is 0.345 e. The molecule has 1 saturated carbocycles. The highest BCUT2D eigenvalue weighted by Gasteiger charge is 2.36. The minimum atomic E-state index is -4.39. The number of hydrogen-bond donors (Lipinski definition) is 0. The van der Waals surface area contributed by atoms with Crippen LogP contribution in [0.4, 0.5) is 18.3 Å². The molecular weight excluding hydrogens is 291 g/mol. The van der Waals surface area contributed by atoms with E-state index in [4.69, 9.17) is 0 Å². The first-order valence-corrected chi connectivity index (χ1v) is 7.39. The Morgan fingerprint density at radius 1 is 1.25 bits per heavy atom. The number of alkyl halides is 3. The van der Waals surface area contributed by atoms with E-state index < -0.39 is 11.9 Å². The molecule has 0 atom stereocenters. The van der Waals surface area contributed by atoms with Gasteiger partial charge in [-0.3, -0.25) is 4.79 Å². The summed E-state index contributed by atoms with van der Waals surface area (Å²) in [4.78, 5) is 19.2. The number of thiazole rings is 1. The van der Waals surface area contributed by atoms with Crippen LogP contribution in [0.3, 0.4) is 0 Å². The molecule has 0 radical (unpaired) electrons. The number of halogens is 3. The Kier molecular flexibility index (Phi) is 3.35. The first-order chi connectivity index (χ1) is 9.45. The van der Waals surface area contributed by atoms with Crippen molar-refractivity contribution in [3.8, 4) is 0 Å². The Bertz CT molecular complexity index is 504. The third kappa shape index (κ3) is 2.74. The Labute approximate surface area is 118 Å². The van der Waals surface area contributed by atoms with E-state index >= 15 is 0 Å². The molecule has 3 rings (SSSR count). The van der Waals surface area contributed by atoms with Gasteiger partial charge < -0.3 is 9.80 Å². The van der Waals surface area contributed by atoms with E-state index in [1.807, 2.05) is 9.80 Å². The number of hydrogen-bond acceptors (Lipinski definition) is 4. The summed E-state index contributed by atoms with van der Waals surface area (Å²) in [6.07, 6.45) is -2.44. The van der Waals surface area contributed by atoms with Crippen LogP contribution in [0.15, 0.2) is 5.38 Å². The normalized spacial score (nSPS) is 20.4. The van der Waals surface area contributed by atoms with Gasteiger partial charge in [-0.1, -0.05) is 0 Å². The Morgan fingerprint density at radius 3 is 2.40 bits per heavy atom. The van der Waals surface area contributed by atoms with Crippen molar-refractivity contribution < 1.29 is 18.0 Å². The van der Waals surface area contributed by atoms with Crippen molar-refractivity contribution in [2.24, 2.45) is 5.92 Å². The van der Waals surface area contributed by atoms with Crippen molar-refractivity contribution in [2.75, 3.05) is 31.1 Å². The first kappa shape index (κ1) is 13.7. The van der Waals surface area contributed by atoms with Crippen molar-refractivity contribution in [3.05, 3.63) is 11.1 Å². The molecule has 1 aromatic rings. The molecule has 0 unspecified atom stereocenters. The molecule has 0 aromatic carbocycles. The molecule has 4 nitrogen and oxygen atoms in total. The van der Waals surface area contributed by atoms with Crippen molar-refractivity contribution in [1.82, 2.24) is 9.88 Å². The fourth-order valence-electron chi connectivity index (χ4n) is 2.25. The number of anilines is 1. The summed E-state index contributed by atoms with van der Waals surface area (Å²) in [7, 11) is 0. The maximum Gasteiger partial charge on any atom is 0.434 e. The summed E-state index contributed by atoms with van der Waals surface area (Å²) >= 11 is 1.00. The summed E-state index contributed by atoms with van der Waals surface area (Å²) in [5, 5.41) is 1.42. The molecule has 0 bridgehead atoms. The van der Waals surface area contributed by atoms with Crippen LogP contribution in [0, 0.1) is 5.92 Å². The molecule has 2 aliphatic rings. The number of aromatic nitrogens is 1. The second-order valence-corrected chi connectivity index (χ2v) is 5.94. The summed E-state index contributed by atoms with van der Waals surface area (Å²) in [5.74, 6) is 0.387. The zero-order valence-electron chi connectivity index (χ0n) is 10.7. The van der Waals surface area contributed by atoms with E-state index in [0.717, 1.165) is 29.6 Å². The molecule has 1 amide bonds. The maximum atomic E-state index is 12.5. The van der Waals surface area contributed by atoms with Crippen molar-refractivity contribution in [3.63, 3.8) is 0 Å². The van der Waals surface area contributed by atoms with Gasteiger partial charge in [-0.15, -0.1) is 11.3 Å². The lowest BCUT2D eigenvalue weighted by atomic mass is 10.3. The van der Waals surface area contributed by atoms with Crippen LogP contribution < -0.4 is 4.90 Å². The topological polar surface area (TPSA) is 36.4 Å². The lowest BCUT2D eigenvalue weighted by molar-refractivity contribution is -0.140. The lowest BCUT2D eigenvalue weighted by Gasteiger charge is -2.34. The molecule has 20 heavy (non-hydrogen) atoms. The molecular formula is C12H14F3N3OS. The number of piperazine rings is 1. The van der Waals surface area contributed by atoms with Crippen molar-refractivity contribution >= 4 is 22.4 Å². The Balaban J connectivity index is 1.60. The van der Waals surface area contributed by atoms with Crippen LogP contribution in [-0.4, -0.2) is 42.0 Å². The van der Waals surface area contributed by atoms with Crippen LogP contribution in [0.1, 0.15) is 18.5 Å². The van der Waals surface area contributed by atoms with Crippen LogP contribution in [-0.2, 0) is 11.0 Å². The quantitative estimate of drug-likeness (QED) is 0.840. The average Bonchev–Trinajstić information content (AvgIpc) is 3.13. The largest absolute Gasteiger partial charge is 0.434 e. The molecule has 0 spiro atoms. The predicted molar refractivity (Wildman–Crippen MR) is 68.6 cm³/mol. The lowest BCUT2D eigenvalue weighted by Crippen LogP contribution is -2.49. The van der Waals surface area contributed by atoms with Crippen LogP contribution in [0.2, 0.25) is 0 Å². The molecule has 2 fully saturated rings. The van der Waals surface area contributed by atoms with Gasteiger partial charge in [0.15, 0.2) is 10.8 Å². The average molecular weight is 305 g/mol. The van der Waals surface area contributed by atoms with Gasteiger partial charge in [0.05, 0.1) is 0 Å².